The second-order valence-electron chi connectivity index (χ2n) is 6.85. The first kappa shape index (κ1) is 19.2. The fourth-order valence-corrected chi connectivity index (χ4v) is 3.23. The van der Waals surface area contributed by atoms with Crippen molar-refractivity contribution in [3.8, 4) is 0 Å². The molecule has 0 spiro atoms. The van der Waals surface area contributed by atoms with Crippen LogP contribution in [0.2, 0.25) is 5.02 Å². The van der Waals surface area contributed by atoms with Crippen LogP contribution in [0.25, 0.3) is 0 Å². The van der Waals surface area contributed by atoms with Crippen LogP contribution < -0.4 is 10.2 Å². The van der Waals surface area contributed by atoms with Crippen LogP contribution in [0.5, 0.6) is 0 Å². The summed E-state index contributed by atoms with van der Waals surface area (Å²) < 4.78 is 0. The first-order valence-electron chi connectivity index (χ1n) is 9.00. The third-order valence-corrected chi connectivity index (χ3v) is 4.64. The normalized spacial score (nSPS) is 14.4. The van der Waals surface area contributed by atoms with Gasteiger partial charge in [0.2, 0.25) is 0 Å². The number of carbonyl (C=O) groups is 2. The molecular formula is C20H23ClN4O2. The van der Waals surface area contributed by atoms with E-state index in [9.17, 15) is 9.59 Å². The van der Waals surface area contributed by atoms with E-state index in [1.807, 2.05) is 38.1 Å². The predicted molar refractivity (Wildman–Crippen MR) is 106 cm³/mol. The second kappa shape index (κ2) is 8.39. The average molecular weight is 387 g/mol. The standard InChI is InChI=1S/C20H23ClN4O2/c1-14(2)23-19(26)15-10-16(13-22-12-15)20(27)25-8-6-24(7-9-25)18-5-3-4-17(21)11-18/h3-5,10-14H,6-9H2,1-2H3,(H,23,26). The van der Waals surface area contributed by atoms with Crippen LogP contribution in [-0.4, -0.2) is 53.9 Å². The van der Waals surface area contributed by atoms with Gasteiger partial charge in [-0.15, -0.1) is 0 Å². The van der Waals surface area contributed by atoms with Gasteiger partial charge in [-0.05, 0) is 38.1 Å². The summed E-state index contributed by atoms with van der Waals surface area (Å²) in [7, 11) is 0. The van der Waals surface area contributed by atoms with Crippen molar-refractivity contribution < 1.29 is 9.59 Å². The number of halogens is 1. The molecule has 6 nitrogen and oxygen atoms in total. The molecule has 142 valence electrons. The SMILES string of the molecule is CC(C)NC(=O)c1cncc(C(=O)N2CCN(c3cccc(Cl)c3)CC2)c1. The van der Waals surface area contributed by atoms with E-state index in [2.05, 4.69) is 15.2 Å². The number of nitrogens with one attached hydrogen (secondary N) is 1. The molecule has 0 saturated carbocycles. The Kier molecular flexibility index (Phi) is 5.96. The highest BCUT2D eigenvalue weighted by molar-refractivity contribution is 6.30. The highest BCUT2D eigenvalue weighted by Gasteiger charge is 2.23. The summed E-state index contributed by atoms with van der Waals surface area (Å²) in [5.74, 6) is -0.328. The third-order valence-electron chi connectivity index (χ3n) is 4.41. The number of nitrogens with zero attached hydrogens (tertiary/aromatic N) is 3. The first-order chi connectivity index (χ1) is 12.9. The van der Waals surface area contributed by atoms with Crippen LogP contribution in [0.1, 0.15) is 34.6 Å². The van der Waals surface area contributed by atoms with E-state index < -0.39 is 0 Å². The molecule has 3 rings (SSSR count). The van der Waals surface area contributed by atoms with Gasteiger partial charge in [0.15, 0.2) is 0 Å². The molecule has 0 radical (unpaired) electrons. The van der Waals surface area contributed by atoms with E-state index in [1.54, 1.807) is 11.0 Å². The summed E-state index contributed by atoms with van der Waals surface area (Å²) in [5, 5.41) is 3.51. The number of hydrogen-bond acceptors (Lipinski definition) is 4. The Morgan fingerprint density at radius 1 is 1.07 bits per heavy atom. The minimum absolute atomic E-state index is 0.0245. The molecule has 0 aliphatic carbocycles. The molecule has 7 heteroatoms. The van der Waals surface area contributed by atoms with Gasteiger partial charge in [-0.25, -0.2) is 0 Å². The molecular weight excluding hydrogens is 364 g/mol. The quantitative estimate of drug-likeness (QED) is 0.877. The highest BCUT2D eigenvalue weighted by atomic mass is 35.5. The number of amides is 2. The maximum atomic E-state index is 12.8. The fourth-order valence-electron chi connectivity index (χ4n) is 3.05. The van der Waals surface area contributed by atoms with Crippen molar-refractivity contribution in [3.63, 3.8) is 0 Å². The molecule has 27 heavy (non-hydrogen) atoms. The zero-order chi connectivity index (χ0) is 19.4. The van der Waals surface area contributed by atoms with Crippen molar-refractivity contribution in [1.82, 2.24) is 15.2 Å². The van der Waals surface area contributed by atoms with Gasteiger partial charge in [0, 0.05) is 55.3 Å². The Morgan fingerprint density at radius 2 is 1.78 bits per heavy atom. The Hall–Kier alpha value is -2.60. The summed E-state index contributed by atoms with van der Waals surface area (Å²) in [6, 6.07) is 9.35. The molecule has 1 N–H and O–H groups in total. The molecule has 1 aromatic carbocycles. The summed E-state index contributed by atoms with van der Waals surface area (Å²) in [4.78, 5) is 33.0. The van der Waals surface area contributed by atoms with Gasteiger partial charge in [0.1, 0.15) is 0 Å². The van der Waals surface area contributed by atoms with E-state index in [0.29, 0.717) is 29.2 Å². The van der Waals surface area contributed by atoms with Crippen molar-refractivity contribution in [2.45, 2.75) is 19.9 Å². The Bertz CT molecular complexity index is 832. The summed E-state index contributed by atoms with van der Waals surface area (Å²) >= 11 is 6.06. The van der Waals surface area contributed by atoms with E-state index in [4.69, 9.17) is 11.6 Å². The largest absolute Gasteiger partial charge is 0.368 e. The fraction of sp³-hybridized carbons (Fsp3) is 0.350. The maximum Gasteiger partial charge on any atom is 0.255 e. The lowest BCUT2D eigenvalue weighted by Crippen LogP contribution is -2.48. The van der Waals surface area contributed by atoms with Crippen LogP contribution >= 0.6 is 11.6 Å². The van der Waals surface area contributed by atoms with Gasteiger partial charge in [0.05, 0.1) is 11.1 Å². The maximum absolute atomic E-state index is 12.8. The molecule has 1 fully saturated rings. The van der Waals surface area contributed by atoms with E-state index in [1.165, 1.54) is 12.4 Å². The van der Waals surface area contributed by atoms with Crippen LogP contribution in [-0.2, 0) is 0 Å². The van der Waals surface area contributed by atoms with E-state index in [-0.39, 0.29) is 17.9 Å². The second-order valence-corrected chi connectivity index (χ2v) is 7.29. The Morgan fingerprint density at radius 3 is 2.44 bits per heavy atom. The van der Waals surface area contributed by atoms with Crippen molar-refractivity contribution >= 4 is 29.1 Å². The molecule has 2 heterocycles. The summed E-state index contributed by atoms with van der Waals surface area (Å²) in [5.41, 5.74) is 1.89. The Labute approximate surface area is 164 Å². The van der Waals surface area contributed by atoms with Gasteiger partial charge in [-0.1, -0.05) is 17.7 Å². The average Bonchev–Trinajstić information content (AvgIpc) is 2.67. The van der Waals surface area contributed by atoms with Crippen LogP contribution in [0.4, 0.5) is 5.69 Å². The van der Waals surface area contributed by atoms with Crippen molar-refractivity contribution in [2.75, 3.05) is 31.1 Å². The molecule has 0 atom stereocenters. The zero-order valence-electron chi connectivity index (χ0n) is 15.5. The van der Waals surface area contributed by atoms with Gasteiger partial charge < -0.3 is 15.1 Å². The number of rotatable bonds is 4. The third kappa shape index (κ3) is 4.77. The van der Waals surface area contributed by atoms with Crippen molar-refractivity contribution in [3.05, 3.63) is 58.9 Å². The number of piperazine rings is 1. The van der Waals surface area contributed by atoms with Crippen molar-refractivity contribution in [2.24, 2.45) is 0 Å². The van der Waals surface area contributed by atoms with E-state index in [0.717, 1.165) is 18.8 Å². The molecule has 2 aromatic rings. The van der Waals surface area contributed by atoms with Crippen LogP contribution in [0.3, 0.4) is 0 Å². The predicted octanol–water partition coefficient (Wildman–Crippen LogP) is 2.84. The first-order valence-corrected chi connectivity index (χ1v) is 9.37. The van der Waals surface area contributed by atoms with Gasteiger partial charge in [0.25, 0.3) is 11.8 Å². The van der Waals surface area contributed by atoms with Crippen LogP contribution in [0, 0.1) is 0 Å². The zero-order valence-corrected chi connectivity index (χ0v) is 16.2. The molecule has 1 aromatic heterocycles. The molecule has 1 aliphatic heterocycles. The molecule has 2 amide bonds. The van der Waals surface area contributed by atoms with Crippen LogP contribution in [0.15, 0.2) is 42.7 Å². The molecule has 0 unspecified atom stereocenters. The summed E-state index contributed by atoms with van der Waals surface area (Å²) in [6.45, 7) is 6.45. The highest BCUT2D eigenvalue weighted by Crippen LogP contribution is 2.21. The van der Waals surface area contributed by atoms with Gasteiger partial charge in [-0.3, -0.25) is 14.6 Å². The van der Waals surface area contributed by atoms with Gasteiger partial charge in [-0.2, -0.15) is 0 Å². The molecule has 1 saturated heterocycles. The molecule has 1 aliphatic rings. The number of aromatic nitrogens is 1. The number of pyridine rings is 1. The van der Waals surface area contributed by atoms with Gasteiger partial charge >= 0.3 is 0 Å². The lowest BCUT2D eigenvalue weighted by molar-refractivity contribution is 0.0746. The lowest BCUT2D eigenvalue weighted by Gasteiger charge is -2.36. The topological polar surface area (TPSA) is 65.5 Å². The number of benzene rings is 1. The number of anilines is 1. The smallest absolute Gasteiger partial charge is 0.255 e. The van der Waals surface area contributed by atoms with E-state index >= 15 is 0 Å². The number of carbonyl (C=O) groups excluding carboxylic acids is 2. The summed E-state index contributed by atoms with van der Waals surface area (Å²) in [6.07, 6.45) is 2.99. The lowest BCUT2D eigenvalue weighted by atomic mass is 10.1. The monoisotopic (exact) mass is 386 g/mol. The minimum Gasteiger partial charge on any atom is -0.368 e. The molecule has 0 bridgehead atoms. The number of hydrogen-bond donors (Lipinski definition) is 1. The minimum atomic E-state index is -0.224. The van der Waals surface area contributed by atoms with Crippen molar-refractivity contribution in [1.29, 1.82) is 0 Å². The Balaban J connectivity index is 1.65.